The fourth-order valence-corrected chi connectivity index (χ4v) is 3.77. The zero-order chi connectivity index (χ0) is 9.75. The number of amides is 1. The summed E-state index contributed by atoms with van der Waals surface area (Å²) in [6.45, 7) is 4.09. The van der Waals surface area contributed by atoms with Crippen LogP contribution in [0, 0.1) is 0 Å². The summed E-state index contributed by atoms with van der Waals surface area (Å²) in [4.78, 5) is 13.3. The van der Waals surface area contributed by atoms with Crippen LogP contribution in [-0.2, 0) is 4.79 Å². The van der Waals surface area contributed by atoms with E-state index in [9.17, 15) is 4.79 Å². The minimum Gasteiger partial charge on any atom is -0.321 e. The second kappa shape index (κ2) is 2.69. The Kier molecular flexibility index (Phi) is 1.85. The minimum absolute atomic E-state index is 0.0751. The van der Waals surface area contributed by atoms with Gasteiger partial charge >= 0.3 is 0 Å². The fourth-order valence-electron chi connectivity index (χ4n) is 1.88. The van der Waals surface area contributed by atoms with Crippen molar-refractivity contribution in [3.05, 3.63) is 11.0 Å². The lowest BCUT2D eigenvalue weighted by Crippen LogP contribution is -2.70. The number of carbonyl (C=O) groups excluding carboxylic acids is 1. The molecule has 1 saturated heterocycles. The molecule has 2 aliphatic heterocycles. The van der Waals surface area contributed by atoms with Gasteiger partial charge in [-0.2, -0.15) is 0 Å². The summed E-state index contributed by atoms with van der Waals surface area (Å²) in [5.74, 6) is 4.10. The Labute approximate surface area is 80.5 Å². The molecule has 4 unspecified atom stereocenters. The number of carbonyl (C=O) groups is 1. The molecule has 1 fully saturated rings. The van der Waals surface area contributed by atoms with E-state index in [0.717, 1.165) is 0 Å². The Morgan fingerprint density at radius 1 is 1.69 bits per heavy atom. The van der Waals surface area contributed by atoms with E-state index in [-0.39, 0.29) is 33.8 Å². The predicted octanol–water partition coefficient (Wildman–Crippen LogP) is 0.489. The molecule has 0 spiro atoms. The summed E-state index contributed by atoms with van der Waals surface area (Å²) >= 11 is 0. The van der Waals surface area contributed by atoms with E-state index >= 15 is 0 Å². The van der Waals surface area contributed by atoms with E-state index in [1.807, 2.05) is 18.7 Å². The molecule has 2 aliphatic rings. The highest BCUT2D eigenvalue weighted by atomic mass is 32.2. The first-order valence-corrected chi connectivity index (χ1v) is 5.83. The first kappa shape index (κ1) is 8.97. The van der Waals surface area contributed by atoms with Gasteiger partial charge in [0.05, 0.1) is 6.04 Å². The van der Waals surface area contributed by atoms with E-state index in [4.69, 9.17) is 5.73 Å². The summed E-state index contributed by atoms with van der Waals surface area (Å²) in [5.41, 5.74) is 6.95. The fraction of sp³-hybridized carbons (Fsp3) is 0.556. The number of nitrogens with two attached hydrogens (primary N) is 1. The van der Waals surface area contributed by atoms with Gasteiger partial charge in [0.25, 0.3) is 0 Å². The minimum atomic E-state index is -0.312. The number of β-lactam (4-membered cyclic amide) rings is 1. The zero-order valence-electron chi connectivity index (χ0n) is 7.86. The van der Waals surface area contributed by atoms with Crippen molar-refractivity contribution in [3.63, 3.8) is 0 Å². The van der Waals surface area contributed by atoms with Crippen LogP contribution in [0.3, 0.4) is 0 Å². The number of fused-ring (bicyclic) bond motifs is 1. The number of nitrogens with zero attached hydrogens (tertiary/aromatic N) is 1. The Balaban J connectivity index is 2.37. The average molecular weight is 198 g/mol. The largest absolute Gasteiger partial charge is 0.321 e. The molecule has 4 heteroatoms. The van der Waals surface area contributed by atoms with Gasteiger partial charge in [-0.05, 0) is 24.8 Å². The van der Waals surface area contributed by atoms with Crippen molar-refractivity contribution in [3.8, 4) is 0 Å². The van der Waals surface area contributed by atoms with Gasteiger partial charge in [-0.15, -0.1) is 10.5 Å². The Morgan fingerprint density at radius 2 is 2.31 bits per heavy atom. The first-order valence-electron chi connectivity index (χ1n) is 4.31. The molecule has 0 aromatic rings. The standard InChI is InChI=1S/C9H14N2OS/c1-5-4-13(3)9-7(10)8(12)11(9)6(5)2/h4,6-7,9H,3,10H2,1-2H3. The topological polar surface area (TPSA) is 46.3 Å². The van der Waals surface area contributed by atoms with Crippen molar-refractivity contribution in [2.75, 3.05) is 0 Å². The zero-order valence-corrected chi connectivity index (χ0v) is 8.67. The summed E-state index contributed by atoms with van der Waals surface area (Å²) in [6.07, 6.45) is 0. The molecule has 2 heterocycles. The quantitative estimate of drug-likeness (QED) is 0.455. The molecule has 72 valence electrons. The van der Waals surface area contributed by atoms with Crippen molar-refractivity contribution in [1.82, 2.24) is 4.90 Å². The van der Waals surface area contributed by atoms with Gasteiger partial charge in [0.15, 0.2) is 0 Å². The van der Waals surface area contributed by atoms with Crippen LogP contribution in [0.4, 0.5) is 0 Å². The van der Waals surface area contributed by atoms with Crippen LogP contribution in [0.5, 0.6) is 0 Å². The molecule has 1 amide bonds. The lowest BCUT2D eigenvalue weighted by molar-refractivity contribution is -0.146. The normalized spacial score (nSPS) is 43.8. The number of rotatable bonds is 0. The van der Waals surface area contributed by atoms with E-state index in [0.29, 0.717) is 0 Å². The van der Waals surface area contributed by atoms with Gasteiger partial charge < -0.3 is 10.6 Å². The van der Waals surface area contributed by atoms with E-state index in [2.05, 4.69) is 11.3 Å². The van der Waals surface area contributed by atoms with Crippen molar-refractivity contribution < 1.29 is 4.79 Å². The molecule has 0 saturated carbocycles. The first-order chi connectivity index (χ1) is 6.04. The van der Waals surface area contributed by atoms with Gasteiger partial charge in [0.2, 0.25) is 5.91 Å². The smallest absolute Gasteiger partial charge is 0.243 e. The Hall–Kier alpha value is -0.610. The second-order valence-electron chi connectivity index (χ2n) is 3.67. The molecule has 2 rings (SSSR count). The Morgan fingerprint density at radius 3 is 2.92 bits per heavy atom. The Bertz CT molecular complexity index is 324. The second-order valence-corrected chi connectivity index (χ2v) is 5.33. The predicted molar refractivity (Wildman–Crippen MR) is 56.5 cm³/mol. The molecule has 0 aromatic heterocycles. The van der Waals surface area contributed by atoms with Crippen LogP contribution in [0.25, 0.3) is 0 Å². The summed E-state index contributed by atoms with van der Waals surface area (Å²) < 4.78 is 0. The molecule has 0 bridgehead atoms. The lowest BCUT2D eigenvalue weighted by atomic mass is 10.0. The van der Waals surface area contributed by atoms with Crippen LogP contribution in [0.15, 0.2) is 11.0 Å². The highest BCUT2D eigenvalue weighted by Crippen LogP contribution is 2.41. The molecular weight excluding hydrogens is 184 g/mol. The van der Waals surface area contributed by atoms with Crippen LogP contribution >= 0.6 is 10.5 Å². The maximum absolute atomic E-state index is 11.4. The van der Waals surface area contributed by atoms with Crippen molar-refractivity contribution in [2.24, 2.45) is 5.73 Å². The molecule has 0 radical (unpaired) electrons. The van der Waals surface area contributed by atoms with Gasteiger partial charge in [-0.1, -0.05) is 5.87 Å². The van der Waals surface area contributed by atoms with Gasteiger partial charge in [0, 0.05) is 0 Å². The molecule has 13 heavy (non-hydrogen) atoms. The van der Waals surface area contributed by atoms with Crippen molar-refractivity contribution >= 4 is 22.3 Å². The molecule has 0 aliphatic carbocycles. The van der Waals surface area contributed by atoms with Crippen LogP contribution in [0.1, 0.15) is 13.8 Å². The number of hydrogen-bond donors (Lipinski definition) is 1. The third-order valence-electron chi connectivity index (χ3n) is 2.84. The van der Waals surface area contributed by atoms with Crippen LogP contribution in [0.2, 0.25) is 0 Å². The maximum atomic E-state index is 11.4. The van der Waals surface area contributed by atoms with E-state index in [1.54, 1.807) is 0 Å². The highest BCUT2D eigenvalue weighted by Gasteiger charge is 2.49. The third-order valence-corrected chi connectivity index (χ3v) is 4.66. The van der Waals surface area contributed by atoms with Crippen LogP contribution in [-0.4, -0.2) is 34.1 Å². The maximum Gasteiger partial charge on any atom is 0.243 e. The van der Waals surface area contributed by atoms with Gasteiger partial charge in [0.1, 0.15) is 11.4 Å². The molecule has 2 N–H and O–H groups in total. The monoisotopic (exact) mass is 198 g/mol. The van der Waals surface area contributed by atoms with Crippen LogP contribution < -0.4 is 5.73 Å². The lowest BCUT2D eigenvalue weighted by Gasteiger charge is -2.52. The van der Waals surface area contributed by atoms with E-state index in [1.165, 1.54) is 5.57 Å². The summed E-state index contributed by atoms with van der Waals surface area (Å²) in [6, 6.07) is -0.101. The van der Waals surface area contributed by atoms with Crippen molar-refractivity contribution in [1.29, 1.82) is 0 Å². The van der Waals surface area contributed by atoms with Gasteiger partial charge in [-0.25, -0.2) is 0 Å². The SMILES string of the molecule is C=S1C=C(C)C(C)N2C(=O)C(N)C21. The number of hydrogen-bond acceptors (Lipinski definition) is 2. The third kappa shape index (κ3) is 1.02. The molecule has 4 atom stereocenters. The molecule has 3 nitrogen and oxygen atoms in total. The summed E-state index contributed by atoms with van der Waals surface area (Å²) in [7, 11) is -0.112. The van der Waals surface area contributed by atoms with Gasteiger partial charge in [-0.3, -0.25) is 4.79 Å². The average Bonchev–Trinajstić information content (AvgIpc) is 2.09. The van der Waals surface area contributed by atoms with E-state index < -0.39 is 0 Å². The molecule has 0 aromatic carbocycles. The highest BCUT2D eigenvalue weighted by molar-refractivity contribution is 8.17. The van der Waals surface area contributed by atoms with Crippen molar-refractivity contribution in [2.45, 2.75) is 31.3 Å². The summed E-state index contributed by atoms with van der Waals surface area (Å²) in [5, 5.41) is 2.31. The molecular formula is C9H14N2OS.